The van der Waals surface area contributed by atoms with Gasteiger partial charge in [-0.05, 0) is 70.9 Å². The first-order valence-corrected chi connectivity index (χ1v) is 14.5. The molecule has 0 aliphatic heterocycles. The SMILES string of the molecule is CCCCCCN(C(=O)C(CC(C)C)NC(=O)OC(C)(C)C)C(C(=O)NC(C)CCC)c1ccccc1C. The summed E-state index contributed by atoms with van der Waals surface area (Å²) >= 11 is 0. The van der Waals surface area contributed by atoms with Crippen LogP contribution in [0.3, 0.4) is 0 Å². The Hall–Kier alpha value is -2.57. The molecule has 0 radical (unpaired) electrons. The quantitative estimate of drug-likeness (QED) is 0.247. The van der Waals surface area contributed by atoms with Crippen LogP contribution < -0.4 is 10.6 Å². The van der Waals surface area contributed by atoms with E-state index in [1.165, 1.54) is 0 Å². The van der Waals surface area contributed by atoms with Crippen LogP contribution in [-0.2, 0) is 14.3 Å². The maximum absolute atomic E-state index is 14.3. The third kappa shape index (κ3) is 11.9. The fraction of sp³-hybridized carbons (Fsp3) is 0.710. The molecular weight excluding hydrogens is 478 g/mol. The number of hydrogen-bond acceptors (Lipinski definition) is 4. The lowest BCUT2D eigenvalue weighted by molar-refractivity contribution is -0.143. The Morgan fingerprint density at radius 3 is 2.16 bits per heavy atom. The second-order valence-corrected chi connectivity index (χ2v) is 11.9. The Balaban J connectivity index is 3.51. The minimum absolute atomic E-state index is 0.0117. The van der Waals surface area contributed by atoms with Crippen LogP contribution in [0.15, 0.2) is 24.3 Å². The highest BCUT2D eigenvalue weighted by atomic mass is 16.6. The lowest BCUT2D eigenvalue weighted by Gasteiger charge is -2.36. The zero-order valence-corrected chi connectivity index (χ0v) is 25.4. The van der Waals surface area contributed by atoms with Gasteiger partial charge in [0.05, 0.1) is 0 Å². The summed E-state index contributed by atoms with van der Waals surface area (Å²) in [5.41, 5.74) is 1.06. The summed E-state index contributed by atoms with van der Waals surface area (Å²) in [6.07, 6.45) is 5.49. The Morgan fingerprint density at radius 1 is 0.947 bits per heavy atom. The number of rotatable bonds is 15. The van der Waals surface area contributed by atoms with Gasteiger partial charge < -0.3 is 20.3 Å². The highest BCUT2D eigenvalue weighted by Gasteiger charge is 2.37. The molecule has 0 aromatic heterocycles. The molecule has 1 rings (SSSR count). The van der Waals surface area contributed by atoms with Gasteiger partial charge in [-0.1, -0.05) is 77.6 Å². The Bertz CT molecular complexity index is 878. The van der Waals surface area contributed by atoms with Gasteiger partial charge in [0.25, 0.3) is 0 Å². The minimum Gasteiger partial charge on any atom is -0.444 e. The van der Waals surface area contributed by atoms with Crippen LogP contribution in [-0.4, -0.2) is 47.0 Å². The first kappa shape index (κ1) is 33.5. The van der Waals surface area contributed by atoms with Crippen LogP contribution >= 0.6 is 0 Å². The summed E-state index contributed by atoms with van der Waals surface area (Å²) in [5.74, 6) is -0.298. The van der Waals surface area contributed by atoms with E-state index in [0.717, 1.165) is 49.7 Å². The first-order chi connectivity index (χ1) is 17.8. The van der Waals surface area contributed by atoms with Crippen LogP contribution in [0, 0.1) is 12.8 Å². The zero-order chi connectivity index (χ0) is 28.9. The van der Waals surface area contributed by atoms with Crippen LogP contribution in [0.4, 0.5) is 4.79 Å². The molecule has 3 unspecified atom stereocenters. The van der Waals surface area contributed by atoms with E-state index in [-0.39, 0.29) is 23.8 Å². The van der Waals surface area contributed by atoms with Crippen molar-refractivity contribution >= 4 is 17.9 Å². The fourth-order valence-corrected chi connectivity index (χ4v) is 4.59. The molecule has 0 saturated heterocycles. The molecule has 1 aromatic carbocycles. The molecule has 0 spiro atoms. The number of hydrogen-bond donors (Lipinski definition) is 2. The third-order valence-electron chi connectivity index (χ3n) is 6.39. The van der Waals surface area contributed by atoms with E-state index in [4.69, 9.17) is 4.74 Å². The molecule has 2 N–H and O–H groups in total. The number of unbranched alkanes of at least 4 members (excludes halogenated alkanes) is 3. The molecule has 1 aromatic rings. The van der Waals surface area contributed by atoms with Gasteiger partial charge in [-0.3, -0.25) is 9.59 Å². The second-order valence-electron chi connectivity index (χ2n) is 11.9. The number of nitrogens with zero attached hydrogens (tertiary/aromatic N) is 1. The summed E-state index contributed by atoms with van der Waals surface area (Å²) in [5, 5.41) is 5.97. The number of amides is 3. The van der Waals surface area contributed by atoms with Gasteiger partial charge in [-0.25, -0.2) is 4.79 Å². The molecule has 0 fully saturated rings. The lowest BCUT2D eigenvalue weighted by Crippen LogP contribution is -2.54. The first-order valence-electron chi connectivity index (χ1n) is 14.5. The van der Waals surface area contributed by atoms with E-state index in [9.17, 15) is 14.4 Å². The van der Waals surface area contributed by atoms with Gasteiger partial charge in [-0.2, -0.15) is 0 Å². The van der Waals surface area contributed by atoms with Crippen molar-refractivity contribution in [3.05, 3.63) is 35.4 Å². The van der Waals surface area contributed by atoms with Crippen molar-refractivity contribution in [3.8, 4) is 0 Å². The summed E-state index contributed by atoms with van der Waals surface area (Å²) < 4.78 is 5.48. The third-order valence-corrected chi connectivity index (χ3v) is 6.39. The number of aryl methyl sites for hydroxylation is 1. The number of nitrogens with one attached hydrogen (secondary N) is 2. The van der Waals surface area contributed by atoms with Crippen LogP contribution in [0.2, 0.25) is 0 Å². The highest BCUT2D eigenvalue weighted by molar-refractivity contribution is 5.92. The monoisotopic (exact) mass is 531 g/mol. The lowest BCUT2D eigenvalue weighted by atomic mass is 9.96. The van der Waals surface area contributed by atoms with Crippen LogP contribution in [0.25, 0.3) is 0 Å². The minimum atomic E-state index is -0.802. The summed E-state index contributed by atoms with van der Waals surface area (Å²) in [7, 11) is 0. The summed E-state index contributed by atoms with van der Waals surface area (Å²) in [6, 6.07) is 6.13. The van der Waals surface area contributed by atoms with E-state index in [0.29, 0.717) is 13.0 Å². The number of carbonyl (C=O) groups is 3. The molecule has 7 nitrogen and oxygen atoms in total. The normalized spacial score (nSPS) is 13.9. The molecule has 0 aliphatic carbocycles. The van der Waals surface area contributed by atoms with Crippen molar-refractivity contribution < 1.29 is 19.1 Å². The maximum atomic E-state index is 14.3. The van der Waals surface area contributed by atoms with Crippen molar-refractivity contribution in [2.24, 2.45) is 5.92 Å². The smallest absolute Gasteiger partial charge is 0.408 e. The molecule has 38 heavy (non-hydrogen) atoms. The topological polar surface area (TPSA) is 87.7 Å². The molecule has 3 amide bonds. The highest BCUT2D eigenvalue weighted by Crippen LogP contribution is 2.27. The predicted molar refractivity (Wildman–Crippen MR) is 155 cm³/mol. The fourth-order valence-electron chi connectivity index (χ4n) is 4.59. The van der Waals surface area contributed by atoms with E-state index >= 15 is 0 Å². The molecule has 216 valence electrons. The van der Waals surface area contributed by atoms with E-state index in [2.05, 4.69) is 24.5 Å². The average molecular weight is 532 g/mol. The van der Waals surface area contributed by atoms with Gasteiger partial charge in [-0.15, -0.1) is 0 Å². The number of carbonyl (C=O) groups excluding carboxylic acids is 3. The number of ether oxygens (including phenoxy) is 1. The molecule has 0 saturated carbocycles. The van der Waals surface area contributed by atoms with Crippen molar-refractivity contribution in [1.82, 2.24) is 15.5 Å². The molecule has 3 atom stereocenters. The van der Waals surface area contributed by atoms with Crippen molar-refractivity contribution in [2.45, 2.75) is 131 Å². The van der Waals surface area contributed by atoms with E-state index in [1.807, 2.05) is 52.0 Å². The Kier molecular flexibility index (Phi) is 14.4. The Labute approximate surface area is 231 Å². The van der Waals surface area contributed by atoms with Gasteiger partial charge in [0, 0.05) is 12.6 Å². The number of benzene rings is 1. The predicted octanol–water partition coefficient (Wildman–Crippen LogP) is 6.69. The van der Waals surface area contributed by atoms with Crippen LogP contribution in [0.1, 0.15) is 118 Å². The number of alkyl carbamates (subject to hydrolysis) is 1. The molecular formula is C31H53N3O4. The van der Waals surface area contributed by atoms with Gasteiger partial charge in [0.1, 0.15) is 17.7 Å². The maximum Gasteiger partial charge on any atom is 0.408 e. The molecule has 7 heteroatoms. The van der Waals surface area contributed by atoms with Crippen LogP contribution in [0.5, 0.6) is 0 Å². The van der Waals surface area contributed by atoms with Crippen molar-refractivity contribution in [1.29, 1.82) is 0 Å². The second kappa shape index (κ2) is 16.4. The van der Waals surface area contributed by atoms with Crippen molar-refractivity contribution in [3.63, 3.8) is 0 Å². The van der Waals surface area contributed by atoms with Gasteiger partial charge in [0.15, 0.2) is 0 Å². The zero-order valence-electron chi connectivity index (χ0n) is 25.4. The van der Waals surface area contributed by atoms with Gasteiger partial charge in [0.2, 0.25) is 11.8 Å². The molecule has 0 aliphatic rings. The van der Waals surface area contributed by atoms with Gasteiger partial charge >= 0.3 is 6.09 Å². The summed E-state index contributed by atoms with van der Waals surface area (Å²) in [6.45, 7) is 18.0. The average Bonchev–Trinajstić information content (AvgIpc) is 2.79. The molecule has 0 heterocycles. The summed E-state index contributed by atoms with van der Waals surface area (Å²) in [4.78, 5) is 42.5. The largest absolute Gasteiger partial charge is 0.444 e. The van der Waals surface area contributed by atoms with E-state index in [1.54, 1.807) is 25.7 Å². The molecule has 0 bridgehead atoms. The Morgan fingerprint density at radius 2 is 1.61 bits per heavy atom. The van der Waals surface area contributed by atoms with Crippen molar-refractivity contribution in [2.75, 3.05) is 6.54 Å². The van der Waals surface area contributed by atoms with E-state index < -0.39 is 23.8 Å². The standard InChI is InChI=1S/C31H53N3O4/c1-10-12-13-16-20-34(29(36)26(21-22(3)4)33-30(37)38-31(7,8)9)27(25-19-15-14-18-23(25)5)28(35)32-24(6)17-11-2/h14-15,18-19,22,24,26-27H,10-13,16-17,20-21H2,1-9H3,(H,32,35)(H,33,37).